The summed E-state index contributed by atoms with van der Waals surface area (Å²) in [5.41, 5.74) is 5.61. The maximum Gasteiger partial charge on any atom is 0.101 e. The lowest BCUT2D eigenvalue weighted by atomic mass is 10.1. The molecule has 1 aliphatic rings. The first-order valence-electron chi connectivity index (χ1n) is 8.32. The van der Waals surface area contributed by atoms with Crippen LogP contribution in [0.4, 0.5) is 5.69 Å². The summed E-state index contributed by atoms with van der Waals surface area (Å²) in [4.78, 5) is 4.78. The van der Waals surface area contributed by atoms with Crippen molar-refractivity contribution in [3.63, 3.8) is 0 Å². The van der Waals surface area contributed by atoms with Gasteiger partial charge in [-0.2, -0.15) is 5.26 Å². The van der Waals surface area contributed by atoms with E-state index in [1.165, 1.54) is 16.7 Å². The third-order valence-electron chi connectivity index (χ3n) is 4.70. The van der Waals surface area contributed by atoms with Gasteiger partial charge in [-0.25, -0.2) is 0 Å². The Kier molecular flexibility index (Phi) is 5.40. The molecule has 3 rings (SSSR count). The number of benzene rings is 2. The molecule has 1 aliphatic heterocycles. The van der Waals surface area contributed by atoms with Gasteiger partial charge in [-0.3, -0.25) is 4.90 Å². The summed E-state index contributed by atoms with van der Waals surface area (Å²) in [5, 5.41) is 9.27. The van der Waals surface area contributed by atoms with Crippen molar-refractivity contribution in [2.45, 2.75) is 19.3 Å². The Bertz CT molecular complexity index is 743. The van der Waals surface area contributed by atoms with Crippen LogP contribution in [-0.4, -0.2) is 31.1 Å². The zero-order valence-electron chi connectivity index (χ0n) is 14.0. The van der Waals surface area contributed by atoms with Crippen molar-refractivity contribution in [3.05, 3.63) is 64.7 Å². The Labute approximate surface area is 149 Å². The minimum atomic E-state index is 0.568. The maximum atomic E-state index is 9.27. The predicted octanol–water partition coefficient (Wildman–Crippen LogP) is 3.93. The van der Waals surface area contributed by atoms with Gasteiger partial charge >= 0.3 is 0 Å². The first-order valence-corrected chi connectivity index (χ1v) is 8.85. The molecule has 2 aromatic rings. The monoisotopic (exact) mass is 339 g/mol. The minimum absolute atomic E-state index is 0.568. The van der Waals surface area contributed by atoms with Gasteiger partial charge in [0.1, 0.15) is 6.07 Å². The zero-order valence-corrected chi connectivity index (χ0v) is 14.8. The van der Waals surface area contributed by atoms with Crippen molar-refractivity contribution < 1.29 is 0 Å². The second-order valence-corrected chi connectivity index (χ2v) is 6.55. The van der Waals surface area contributed by atoms with Gasteiger partial charge in [0.05, 0.1) is 11.3 Å². The third-order valence-corrected chi connectivity index (χ3v) is 4.99. The topological polar surface area (TPSA) is 30.3 Å². The molecule has 0 aliphatic carbocycles. The van der Waals surface area contributed by atoms with Crippen LogP contribution >= 0.6 is 11.6 Å². The number of alkyl halides is 1. The van der Waals surface area contributed by atoms with E-state index in [1.807, 2.05) is 24.3 Å². The lowest BCUT2D eigenvalue weighted by Crippen LogP contribution is -2.46. The summed E-state index contributed by atoms with van der Waals surface area (Å²) in [6.45, 7) is 6.97. The molecule has 0 unspecified atom stereocenters. The molecule has 0 atom stereocenters. The molecule has 1 saturated heterocycles. The fourth-order valence-corrected chi connectivity index (χ4v) is 3.50. The van der Waals surface area contributed by atoms with Gasteiger partial charge in [0.2, 0.25) is 0 Å². The first kappa shape index (κ1) is 16.8. The number of halogens is 1. The second-order valence-electron chi connectivity index (χ2n) is 6.29. The second kappa shape index (κ2) is 7.70. The van der Waals surface area contributed by atoms with E-state index in [4.69, 9.17) is 11.6 Å². The molecule has 0 bridgehead atoms. The van der Waals surface area contributed by atoms with Crippen LogP contribution < -0.4 is 4.90 Å². The van der Waals surface area contributed by atoms with Gasteiger partial charge in [0.25, 0.3) is 0 Å². The molecule has 1 heterocycles. The van der Waals surface area contributed by atoms with Crippen molar-refractivity contribution in [2.75, 3.05) is 31.1 Å². The summed E-state index contributed by atoms with van der Waals surface area (Å²) in [7, 11) is 0. The van der Waals surface area contributed by atoms with E-state index in [1.54, 1.807) is 0 Å². The first-order chi connectivity index (χ1) is 11.7. The molecule has 124 valence electrons. The van der Waals surface area contributed by atoms with Gasteiger partial charge in [-0.1, -0.05) is 30.3 Å². The van der Waals surface area contributed by atoms with Crippen LogP contribution in [0.2, 0.25) is 0 Å². The molecule has 0 spiro atoms. The third kappa shape index (κ3) is 3.72. The number of nitriles is 1. The van der Waals surface area contributed by atoms with Crippen LogP contribution in [-0.2, 0) is 12.4 Å². The van der Waals surface area contributed by atoms with Crippen molar-refractivity contribution in [3.8, 4) is 6.07 Å². The molecule has 2 aromatic carbocycles. The van der Waals surface area contributed by atoms with Crippen molar-refractivity contribution in [2.24, 2.45) is 0 Å². The lowest BCUT2D eigenvalue weighted by molar-refractivity contribution is 0.250. The lowest BCUT2D eigenvalue weighted by Gasteiger charge is -2.36. The van der Waals surface area contributed by atoms with Crippen molar-refractivity contribution in [1.29, 1.82) is 5.26 Å². The molecular formula is C20H22ClN3. The number of hydrogen-bond donors (Lipinski definition) is 0. The molecule has 0 amide bonds. The number of piperazine rings is 1. The van der Waals surface area contributed by atoms with Crippen LogP contribution in [0, 0.1) is 18.3 Å². The fraction of sp³-hybridized carbons (Fsp3) is 0.350. The number of rotatable bonds is 4. The molecule has 1 fully saturated rings. The maximum absolute atomic E-state index is 9.27. The van der Waals surface area contributed by atoms with Gasteiger partial charge in [-0.05, 0) is 35.7 Å². The number of hydrogen-bond acceptors (Lipinski definition) is 3. The summed E-state index contributed by atoms with van der Waals surface area (Å²) in [6, 6.07) is 16.7. The van der Waals surface area contributed by atoms with Gasteiger partial charge < -0.3 is 4.90 Å². The van der Waals surface area contributed by atoms with Crippen LogP contribution in [0.1, 0.15) is 22.3 Å². The molecule has 24 heavy (non-hydrogen) atoms. The normalized spacial score (nSPS) is 15.3. The number of anilines is 1. The largest absolute Gasteiger partial charge is 0.368 e. The van der Waals surface area contributed by atoms with E-state index in [9.17, 15) is 5.26 Å². The Morgan fingerprint density at radius 3 is 2.54 bits per heavy atom. The Hall–Kier alpha value is -2.02. The minimum Gasteiger partial charge on any atom is -0.368 e. The van der Waals surface area contributed by atoms with E-state index >= 15 is 0 Å². The van der Waals surface area contributed by atoms with Crippen LogP contribution in [0.25, 0.3) is 0 Å². The zero-order chi connectivity index (χ0) is 16.9. The van der Waals surface area contributed by atoms with Crippen molar-refractivity contribution >= 4 is 17.3 Å². The highest BCUT2D eigenvalue weighted by Crippen LogP contribution is 2.22. The Morgan fingerprint density at radius 1 is 1.08 bits per heavy atom. The highest BCUT2D eigenvalue weighted by molar-refractivity contribution is 6.17. The highest BCUT2D eigenvalue weighted by Gasteiger charge is 2.19. The van der Waals surface area contributed by atoms with Gasteiger partial charge in [0, 0.05) is 38.6 Å². The average molecular weight is 340 g/mol. The van der Waals surface area contributed by atoms with E-state index < -0.39 is 0 Å². The molecule has 0 N–H and O–H groups in total. The Morgan fingerprint density at radius 2 is 1.83 bits per heavy atom. The van der Waals surface area contributed by atoms with E-state index in [0.29, 0.717) is 5.88 Å². The number of para-hydroxylation sites is 1. The van der Waals surface area contributed by atoms with Gasteiger partial charge in [0.15, 0.2) is 0 Å². The molecular weight excluding hydrogens is 318 g/mol. The smallest absolute Gasteiger partial charge is 0.101 e. The SMILES string of the molecule is Cc1ccc(CN2CCN(c3ccccc3C#N)CC2)cc1CCl. The van der Waals surface area contributed by atoms with E-state index in [0.717, 1.165) is 44.0 Å². The summed E-state index contributed by atoms with van der Waals surface area (Å²) >= 11 is 6.02. The molecule has 0 saturated carbocycles. The summed E-state index contributed by atoms with van der Waals surface area (Å²) < 4.78 is 0. The number of aryl methyl sites for hydroxylation is 1. The molecule has 4 heteroatoms. The number of nitrogens with zero attached hydrogens (tertiary/aromatic N) is 3. The highest BCUT2D eigenvalue weighted by atomic mass is 35.5. The van der Waals surface area contributed by atoms with Crippen LogP contribution in [0.5, 0.6) is 0 Å². The average Bonchev–Trinajstić information content (AvgIpc) is 2.64. The summed E-state index contributed by atoms with van der Waals surface area (Å²) in [5.74, 6) is 0.568. The van der Waals surface area contributed by atoms with Crippen LogP contribution in [0.3, 0.4) is 0 Å². The Balaban J connectivity index is 1.62. The molecule has 0 radical (unpaired) electrons. The quantitative estimate of drug-likeness (QED) is 0.791. The fourth-order valence-electron chi connectivity index (χ4n) is 3.22. The predicted molar refractivity (Wildman–Crippen MR) is 99.4 cm³/mol. The molecule has 3 nitrogen and oxygen atoms in total. The standard InChI is InChI=1S/C20H22ClN3/c1-16-6-7-17(12-19(16)13-21)15-23-8-10-24(11-9-23)20-5-3-2-4-18(20)14-22/h2-7,12H,8-11,13,15H2,1H3. The van der Waals surface area contributed by atoms with Crippen molar-refractivity contribution in [1.82, 2.24) is 4.90 Å². The van der Waals surface area contributed by atoms with Crippen LogP contribution in [0.15, 0.2) is 42.5 Å². The van der Waals surface area contributed by atoms with E-state index in [-0.39, 0.29) is 0 Å². The summed E-state index contributed by atoms with van der Waals surface area (Å²) in [6.07, 6.45) is 0. The molecule has 0 aromatic heterocycles. The van der Waals surface area contributed by atoms with E-state index in [2.05, 4.69) is 41.0 Å². The van der Waals surface area contributed by atoms with Gasteiger partial charge in [-0.15, -0.1) is 11.6 Å².